The molecule has 2 aromatic rings. The first-order chi connectivity index (χ1) is 10.7. The zero-order valence-electron chi connectivity index (χ0n) is 12.7. The van der Waals surface area contributed by atoms with Gasteiger partial charge in [0.05, 0.1) is 11.3 Å². The first-order valence-electron chi connectivity index (χ1n) is 7.51. The zero-order valence-corrected chi connectivity index (χ0v) is 13.5. The highest BCUT2D eigenvalue weighted by Gasteiger charge is 2.36. The van der Waals surface area contributed by atoms with E-state index in [1.54, 1.807) is 18.1 Å². The van der Waals surface area contributed by atoms with Crippen molar-refractivity contribution in [2.75, 3.05) is 32.7 Å². The van der Waals surface area contributed by atoms with E-state index in [1.807, 2.05) is 18.5 Å². The van der Waals surface area contributed by atoms with Gasteiger partial charge in [-0.2, -0.15) is 4.98 Å². The molecule has 2 unspecified atom stereocenters. The van der Waals surface area contributed by atoms with Gasteiger partial charge in [0.15, 0.2) is 11.0 Å². The molecule has 22 heavy (non-hydrogen) atoms. The number of hydrogen-bond acceptors (Lipinski definition) is 8. The first kappa shape index (κ1) is 14.2. The van der Waals surface area contributed by atoms with Crippen LogP contribution in [0.15, 0.2) is 16.0 Å². The van der Waals surface area contributed by atoms with Gasteiger partial charge < -0.3 is 9.09 Å². The fourth-order valence-electron chi connectivity index (χ4n) is 3.00. The molecular formula is C13H19N7OS. The topological polar surface area (TPSA) is 76.1 Å². The molecule has 0 aliphatic carbocycles. The predicted octanol–water partition coefficient (Wildman–Crippen LogP) is 0.724. The number of piperazine rings is 3. The summed E-state index contributed by atoms with van der Waals surface area (Å²) in [5, 5.41) is 13.1. The van der Waals surface area contributed by atoms with Crippen molar-refractivity contribution in [2.24, 2.45) is 7.05 Å². The maximum atomic E-state index is 5.49. The Labute approximate surface area is 132 Å². The average Bonchev–Trinajstić information content (AvgIpc) is 3.18. The van der Waals surface area contributed by atoms with Crippen LogP contribution >= 0.6 is 11.8 Å². The molecule has 3 fully saturated rings. The highest BCUT2D eigenvalue weighted by atomic mass is 32.2. The zero-order chi connectivity index (χ0) is 15.1. The fourth-order valence-corrected chi connectivity index (χ4v) is 3.82. The van der Waals surface area contributed by atoms with Gasteiger partial charge in [0, 0.05) is 39.8 Å². The van der Waals surface area contributed by atoms with Crippen LogP contribution in [0.25, 0.3) is 0 Å². The van der Waals surface area contributed by atoms with Crippen LogP contribution in [-0.2, 0) is 7.05 Å². The molecule has 9 heteroatoms. The molecular weight excluding hydrogens is 302 g/mol. The molecule has 2 atom stereocenters. The molecule has 3 aliphatic rings. The van der Waals surface area contributed by atoms with Crippen LogP contribution in [0.5, 0.6) is 0 Å². The average molecular weight is 321 g/mol. The summed E-state index contributed by atoms with van der Waals surface area (Å²) in [5.74, 6) is 1.46. The third kappa shape index (κ3) is 2.53. The third-order valence-corrected chi connectivity index (χ3v) is 5.47. The van der Waals surface area contributed by atoms with Crippen LogP contribution in [0.1, 0.15) is 29.9 Å². The maximum Gasteiger partial charge on any atom is 0.240 e. The van der Waals surface area contributed by atoms with Gasteiger partial charge in [0.25, 0.3) is 0 Å². The van der Waals surface area contributed by atoms with Gasteiger partial charge in [-0.05, 0) is 6.92 Å². The number of fused-ring (bicyclic) bond motifs is 3. The number of aryl methyl sites for hydroxylation is 1. The van der Waals surface area contributed by atoms with Crippen molar-refractivity contribution in [1.29, 1.82) is 0 Å². The van der Waals surface area contributed by atoms with Crippen LogP contribution in [0, 0.1) is 0 Å². The minimum absolute atomic E-state index is 0.0558. The van der Waals surface area contributed by atoms with Crippen molar-refractivity contribution >= 4 is 11.8 Å². The number of aromatic nitrogens is 5. The summed E-state index contributed by atoms with van der Waals surface area (Å²) >= 11 is 1.57. The molecule has 0 aromatic carbocycles. The lowest BCUT2D eigenvalue weighted by Crippen LogP contribution is -2.57. The first-order valence-corrected chi connectivity index (χ1v) is 8.39. The summed E-state index contributed by atoms with van der Waals surface area (Å²) in [7, 11) is 1.93. The lowest BCUT2D eigenvalue weighted by atomic mass is 10.1. The lowest BCUT2D eigenvalue weighted by molar-refractivity contribution is 0.00781. The molecule has 0 amide bonds. The Bertz CT molecular complexity index is 648. The highest BCUT2D eigenvalue weighted by molar-refractivity contribution is 7.99. The maximum absolute atomic E-state index is 5.49. The van der Waals surface area contributed by atoms with Crippen LogP contribution in [-0.4, -0.2) is 67.4 Å². The minimum atomic E-state index is 0.0558. The third-order valence-electron chi connectivity index (χ3n) is 4.33. The number of hydrogen-bond donors (Lipinski definition) is 0. The van der Waals surface area contributed by atoms with E-state index in [0.29, 0.717) is 5.89 Å². The quantitative estimate of drug-likeness (QED) is 0.763. The van der Waals surface area contributed by atoms with E-state index in [0.717, 1.165) is 43.7 Å². The Kier molecular flexibility index (Phi) is 3.63. The van der Waals surface area contributed by atoms with Crippen LogP contribution in [0.2, 0.25) is 0 Å². The van der Waals surface area contributed by atoms with Crippen molar-refractivity contribution in [3.63, 3.8) is 0 Å². The van der Waals surface area contributed by atoms with E-state index in [9.17, 15) is 0 Å². The van der Waals surface area contributed by atoms with Gasteiger partial charge in [-0.3, -0.25) is 9.80 Å². The Morgan fingerprint density at radius 1 is 1.32 bits per heavy atom. The van der Waals surface area contributed by atoms with Crippen molar-refractivity contribution < 1.29 is 4.52 Å². The van der Waals surface area contributed by atoms with Gasteiger partial charge >= 0.3 is 0 Å². The second-order valence-electron chi connectivity index (χ2n) is 5.83. The SMILES string of the molecule is CC(Sc1nncn1C)c1nc(C2CN3CCN2CC3)no1. The fraction of sp³-hybridized carbons (Fsp3) is 0.692. The molecule has 0 N–H and O–H groups in total. The van der Waals surface area contributed by atoms with Gasteiger partial charge in [-0.1, -0.05) is 16.9 Å². The Morgan fingerprint density at radius 3 is 2.77 bits per heavy atom. The normalized spacial score (nSPS) is 28.9. The largest absolute Gasteiger partial charge is 0.338 e. The second-order valence-corrected chi connectivity index (χ2v) is 7.14. The van der Waals surface area contributed by atoms with E-state index >= 15 is 0 Å². The van der Waals surface area contributed by atoms with Gasteiger partial charge in [0.1, 0.15) is 6.33 Å². The summed E-state index contributed by atoms with van der Waals surface area (Å²) in [4.78, 5) is 9.56. The van der Waals surface area contributed by atoms with Crippen molar-refractivity contribution in [1.82, 2.24) is 34.7 Å². The summed E-state index contributed by atoms with van der Waals surface area (Å²) in [5.41, 5.74) is 0. The molecule has 0 radical (unpaired) electrons. The molecule has 2 bridgehead atoms. The molecule has 2 aromatic heterocycles. The van der Waals surface area contributed by atoms with E-state index in [4.69, 9.17) is 4.52 Å². The van der Waals surface area contributed by atoms with Gasteiger partial charge in [0.2, 0.25) is 5.89 Å². The highest BCUT2D eigenvalue weighted by Crippen LogP contribution is 2.34. The van der Waals surface area contributed by atoms with Crippen molar-refractivity contribution in [3.8, 4) is 0 Å². The van der Waals surface area contributed by atoms with E-state index < -0.39 is 0 Å². The summed E-state index contributed by atoms with van der Waals surface area (Å²) in [6.45, 7) is 7.55. The minimum Gasteiger partial charge on any atom is -0.338 e. The molecule has 0 spiro atoms. The Morgan fingerprint density at radius 2 is 2.14 bits per heavy atom. The molecule has 0 saturated carbocycles. The second kappa shape index (κ2) is 5.64. The van der Waals surface area contributed by atoms with Crippen molar-refractivity contribution in [2.45, 2.75) is 23.4 Å². The Balaban J connectivity index is 1.48. The number of rotatable bonds is 4. The molecule has 3 saturated heterocycles. The standard InChI is InChI=1S/C13H19N7OS/c1-9(22-13-16-14-8-18(13)2)12-15-11(17-21-12)10-7-19-3-5-20(10)6-4-19/h8-10H,3-7H2,1-2H3. The summed E-state index contributed by atoms with van der Waals surface area (Å²) in [6, 6.07) is 0.270. The monoisotopic (exact) mass is 321 g/mol. The van der Waals surface area contributed by atoms with Gasteiger partial charge in [-0.25, -0.2) is 0 Å². The van der Waals surface area contributed by atoms with E-state index in [-0.39, 0.29) is 11.3 Å². The Hall–Kier alpha value is -1.45. The molecule has 5 heterocycles. The lowest BCUT2D eigenvalue weighted by Gasteiger charge is -2.46. The van der Waals surface area contributed by atoms with E-state index in [1.165, 1.54) is 0 Å². The van der Waals surface area contributed by atoms with Crippen molar-refractivity contribution in [3.05, 3.63) is 18.0 Å². The number of nitrogens with zero attached hydrogens (tertiary/aromatic N) is 7. The number of thioether (sulfide) groups is 1. The predicted molar refractivity (Wildman–Crippen MR) is 80.3 cm³/mol. The molecule has 3 aliphatic heterocycles. The molecule has 8 nitrogen and oxygen atoms in total. The van der Waals surface area contributed by atoms with Crippen LogP contribution in [0.3, 0.4) is 0 Å². The molecule has 5 rings (SSSR count). The summed E-state index contributed by atoms with van der Waals surface area (Å²) < 4.78 is 7.38. The van der Waals surface area contributed by atoms with Gasteiger partial charge in [-0.15, -0.1) is 10.2 Å². The molecule has 118 valence electrons. The summed E-state index contributed by atoms with van der Waals surface area (Å²) in [6.07, 6.45) is 1.69. The smallest absolute Gasteiger partial charge is 0.240 e. The van der Waals surface area contributed by atoms with Crippen LogP contribution in [0.4, 0.5) is 0 Å². The van der Waals surface area contributed by atoms with Crippen LogP contribution < -0.4 is 0 Å². The van der Waals surface area contributed by atoms with E-state index in [2.05, 4.69) is 30.1 Å².